The number of pyridine rings is 1. The van der Waals surface area contributed by atoms with Crippen LogP contribution in [0.3, 0.4) is 0 Å². The Morgan fingerprint density at radius 1 is 1.11 bits per heavy atom. The van der Waals surface area contributed by atoms with E-state index in [1.807, 2.05) is 30.3 Å². The van der Waals surface area contributed by atoms with Gasteiger partial charge in [-0.15, -0.1) is 11.6 Å². The average molecular weight is 345 g/mol. The van der Waals surface area contributed by atoms with Crippen LogP contribution >= 0.6 is 39.1 Å². The summed E-state index contributed by atoms with van der Waals surface area (Å²) in [6.07, 6.45) is 3.56. The molecule has 0 radical (unpaired) electrons. The van der Waals surface area contributed by atoms with E-state index in [-0.39, 0.29) is 11.3 Å². The van der Waals surface area contributed by atoms with Gasteiger partial charge in [0.25, 0.3) is 0 Å². The summed E-state index contributed by atoms with van der Waals surface area (Å²) in [5.74, 6) is 0.201. The highest BCUT2D eigenvalue weighted by Gasteiger charge is 2.19. The number of hydrogen-bond acceptors (Lipinski definition) is 1. The van der Waals surface area contributed by atoms with Gasteiger partial charge >= 0.3 is 0 Å². The minimum Gasteiger partial charge on any atom is -0.265 e. The molecule has 4 heteroatoms. The summed E-state index contributed by atoms with van der Waals surface area (Å²) in [6.45, 7) is 2.10. The van der Waals surface area contributed by atoms with E-state index in [4.69, 9.17) is 23.2 Å². The van der Waals surface area contributed by atoms with E-state index in [0.717, 1.165) is 10.0 Å². The van der Waals surface area contributed by atoms with Crippen molar-refractivity contribution in [2.75, 3.05) is 0 Å². The van der Waals surface area contributed by atoms with Crippen LogP contribution in [0.2, 0.25) is 5.02 Å². The van der Waals surface area contributed by atoms with Gasteiger partial charge < -0.3 is 0 Å². The third kappa shape index (κ3) is 3.05. The lowest BCUT2D eigenvalue weighted by Gasteiger charge is -2.19. The van der Waals surface area contributed by atoms with Crippen molar-refractivity contribution in [3.63, 3.8) is 0 Å². The van der Waals surface area contributed by atoms with Crippen LogP contribution in [-0.4, -0.2) is 4.98 Å². The molecule has 0 aliphatic rings. The zero-order valence-corrected chi connectivity index (χ0v) is 12.9. The standard InChI is InChI=1S/C14H12BrCl2N/c1-9(10-4-6-18-7-5-10)14(17)11-2-3-12(15)13(16)8-11/h2-9,14H,1H3. The molecule has 2 unspecified atom stereocenters. The molecule has 18 heavy (non-hydrogen) atoms. The van der Waals surface area contributed by atoms with Gasteiger partial charge in [0.05, 0.1) is 10.4 Å². The number of rotatable bonds is 3. The molecule has 1 aromatic carbocycles. The lowest BCUT2D eigenvalue weighted by molar-refractivity contribution is 0.730. The Balaban J connectivity index is 2.25. The molecular weight excluding hydrogens is 333 g/mol. The van der Waals surface area contributed by atoms with E-state index in [2.05, 4.69) is 27.8 Å². The van der Waals surface area contributed by atoms with Crippen molar-refractivity contribution in [3.05, 3.63) is 63.3 Å². The molecule has 0 saturated heterocycles. The van der Waals surface area contributed by atoms with Crippen LogP contribution in [-0.2, 0) is 0 Å². The Kier molecular flexibility index (Phi) is 4.66. The number of alkyl halides is 1. The van der Waals surface area contributed by atoms with Crippen molar-refractivity contribution in [3.8, 4) is 0 Å². The van der Waals surface area contributed by atoms with E-state index in [1.165, 1.54) is 5.56 Å². The zero-order chi connectivity index (χ0) is 13.1. The maximum atomic E-state index is 6.52. The number of aromatic nitrogens is 1. The maximum absolute atomic E-state index is 6.52. The fourth-order valence-electron chi connectivity index (χ4n) is 1.81. The Labute approximate surface area is 125 Å². The largest absolute Gasteiger partial charge is 0.265 e. The third-order valence-electron chi connectivity index (χ3n) is 2.93. The Morgan fingerprint density at radius 3 is 2.39 bits per heavy atom. The van der Waals surface area contributed by atoms with Crippen molar-refractivity contribution in [1.29, 1.82) is 0 Å². The molecule has 2 aromatic rings. The van der Waals surface area contributed by atoms with Crippen molar-refractivity contribution in [2.45, 2.75) is 18.2 Å². The quantitative estimate of drug-likeness (QED) is 0.662. The van der Waals surface area contributed by atoms with Gasteiger partial charge in [-0.05, 0) is 51.3 Å². The average Bonchev–Trinajstić information content (AvgIpc) is 2.41. The number of benzene rings is 1. The predicted molar refractivity (Wildman–Crippen MR) is 80.4 cm³/mol. The Bertz CT molecular complexity index is 531. The van der Waals surface area contributed by atoms with E-state index >= 15 is 0 Å². The minimum atomic E-state index is -0.113. The molecular formula is C14H12BrCl2N. The van der Waals surface area contributed by atoms with Gasteiger partial charge in [0.15, 0.2) is 0 Å². The van der Waals surface area contributed by atoms with Crippen molar-refractivity contribution < 1.29 is 0 Å². The van der Waals surface area contributed by atoms with Crippen LogP contribution < -0.4 is 0 Å². The van der Waals surface area contributed by atoms with Gasteiger partial charge in [-0.2, -0.15) is 0 Å². The van der Waals surface area contributed by atoms with E-state index in [9.17, 15) is 0 Å². The van der Waals surface area contributed by atoms with Gasteiger partial charge in [-0.25, -0.2) is 0 Å². The van der Waals surface area contributed by atoms with Crippen LogP contribution in [0, 0.1) is 0 Å². The van der Waals surface area contributed by atoms with Gasteiger partial charge in [-0.3, -0.25) is 4.98 Å². The second kappa shape index (κ2) is 6.05. The first-order valence-electron chi connectivity index (χ1n) is 5.58. The van der Waals surface area contributed by atoms with Crippen molar-refractivity contribution >= 4 is 39.1 Å². The number of hydrogen-bond donors (Lipinski definition) is 0. The molecule has 0 bridgehead atoms. The molecule has 2 atom stereocenters. The lowest BCUT2D eigenvalue weighted by Crippen LogP contribution is -2.02. The van der Waals surface area contributed by atoms with E-state index in [1.54, 1.807) is 12.4 Å². The summed E-state index contributed by atoms with van der Waals surface area (Å²) in [5, 5.41) is 0.568. The fraction of sp³-hybridized carbons (Fsp3) is 0.214. The molecule has 2 rings (SSSR count). The SMILES string of the molecule is CC(c1ccncc1)C(Cl)c1ccc(Br)c(Cl)c1. The topological polar surface area (TPSA) is 12.9 Å². The molecule has 0 N–H and O–H groups in total. The highest BCUT2D eigenvalue weighted by Crippen LogP contribution is 2.37. The Morgan fingerprint density at radius 2 is 1.78 bits per heavy atom. The van der Waals surface area contributed by atoms with Crippen LogP contribution in [0.25, 0.3) is 0 Å². The Hall–Kier alpha value is -0.570. The van der Waals surface area contributed by atoms with Gasteiger partial charge in [-0.1, -0.05) is 24.6 Å². The summed E-state index contributed by atoms with van der Waals surface area (Å²) < 4.78 is 0.883. The molecule has 0 aliphatic carbocycles. The normalized spacial score (nSPS) is 14.2. The van der Waals surface area contributed by atoms with Crippen molar-refractivity contribution in [1.82, 2.24) is 4.98 Å². The highest BCUT2D eigenvalue weighted by molar-refractivity contribution is 9.10. The highest BCUT2D eigenvalue weighted by atomic mass is 79.9. The van der Waals surface area contributed by atoms with Crippen LogP contribution in [0.1, 0.15) is 29.3 Å². The summed E-state index contributed by atoms with van der Waals surface area (Å²) in [6, 6.07) is 9.79. The third-order valence-corrected chi connectivity index (χ3v) is 4.80. The minimum absolute atomic E-state index is 0.113. The molecule has 0 aliphatic heterocycles. The molecule has 0 fully saturated rings. The van der Waals surface area contributed by atoms with Crippen LogP contribution in [0.4, 0.5) is 0 Å². The second-order valence-corrected chi connectivity index (χ2v) is 5.88. The number of nitrogens with zero attached hydrogens (tertiary/aromatic N) is 1. The molecule has 1 heterocycles. The second-order valence-electron chi connectivity index (χ2n) is 4.14. The fourth-order valence-corrected chi connectivity index (χ4v) is 2.53. The lowest BCUT2D eigenvalue weighted by atomic mass is 9.94. The van der Waals surface area contributed by atoms with Gasteiger partial charge in [0, 0.05) is 22.8 Å². The first kappa shape index (κ1) is 13.9. The molecule has 94 valence electrons. The maximum Gasteiger partial charge on any atom is 0.0651 e. The van der Waals surface area contributed by atoms with Gasteiger partial charge in [0.2, 0.25) is 0 Å². The zero-order valence-electron chi connectivity index (χ0n) is 9.78. The van der Waals surface area contributed by atoms with Crippen molar-refractivity contribution in [2.24, 2.45) is 0 Å². The molecule has 0 spiro atoms. The molecule has 0 amide bonds. The smallest absolute Gasteiger partial charge is 0.0651 e. The summed E-state index contributed by atoms with van der Waals surface area (Å²) in [5.41, 5.74) is 2.19. The summed E-state index contributed by atoms with van der Waals surface area (Å²) in [4.78, 5) is 4.02. The molecule has 1 aromatic heterocycles. The molecule has 1 nitrogen and oxygen atoms in total. The van der Waals surface area contributed by atoms with Crippen LogP contribution in [0.5, 0.6) is 0 Å². The van der Waals surface area contributed by atoms with E-state index in [0.29, 0.717) is 5.02 Å². The first-order valence-corrected chi connectivity index (χ1v) is 7.19. The first-order chi connectivity index (χ1) is 8.59. The molecule has 0 saturated carbocycles. The summed E-state index contributed by atoms with van der Waals surface area (Å²) >= 11 is 16.0. The predicted octanol–water partition coefficient (Wildman–Crippen LogP) is 5.58. The monoisotopic (exact) mass is 343 g/mol. The van der Waals surface area contributed by atoms with Gasteiger partial charge in [0.1, 0.15) is 0 Å². The van der Waals surface area contributed by atoms with Crippen LogP contribution in [0.15, 0.2) is 47.2 Å². The summed E-state index contributed by atoms with van der Waals surface area (Å²) in [7, 11) is 0. The van der Waals surface area contributed by atoms with E-state index < -0.39 is 0 Å². The number of halogens is 3.